The van der Waals surface area contributed by atoms with Crippen LogP contribution in [0.25, 0.3) is 0 Å². The first-order valence-electron chi connectivity index (χ1n) is 4.39. The van der Waals surface area contributed by atoms with Crippen molar-refractivity contribution in [2.75, 3.05) is 0 Å². The van der Waals surface area contributed by atoms with Gasteiger partial charge in [-0.15, -0.1) is 6.58 Å². The Labute approximate surface area is 89.0 Å². The van der Waals surface area contributed by atoms with E-state index in [1.54, 1.807) is 18.2 Å². The Morgan fingerprint density at radius 1 is 1.64 bits per heavy atom. The lowest BCUT2D eigenvalue weighted by Crippen LogP contribution is -2.10. The number of nitrogens with two attached hydrogens (primary N) is 1. The molecule has 0 aliphatic heterocycles. The minimum Gasteiger partial charge on any atom is -0.506 e. The van der Waals surface area contributed by atoms with E-state index in [1.165, 1.54) is 0 Å². The third-order valence-corrected chi connectivity index (χ3v) is 2.27. The van der Waals surface area contributed by atoms with Gasteiger partial charge in [0, 0.05) is 6.04 Å². The summed E-state index contributed by atoms with van der Waals surface area (Å²) >= 11 is 5.77. The predicted octanol–water partition coefficient (Wildman–Crippen LogP) is 3.01. The number of phenolic OH excluding ortho intramolecular Hbond substituents is 1. The molecule has 0 radical (unpaired) electrons. The monoisotopic (exact) mass is 211 g/mol. The van der Waals surface area contributed by atoms with E-state index in [1.807, 2.05) is 6.92 Å². The van der Waals surface area contributed by atoms with E-state index in [9.17, 15) is 5.11 Å². The van der Waals surface area contributed by atoms with Crippen LogP contribution in [-0.2, 0) is 0 Å². The molecule has 1 aromatic carbocycles. The number of benzene rings is 1. The van der Waals surface area contributed by atoms with Crippen molar-refractivity contribution in [1.29, 1.82) is 0 Å². The van der Waals surface area contributed by atoms with Crippen molar-refractivity contribution in [2.24, 2.45) is 5.73 Å². The molecule has 0 heterocycles. The summed E-state index contributed by atoms with van der Waals surface area (Å²) in [6.45, 7) is 5.73. The van der Waals surface area contributed by atoms with E-state index in [0.717, 1.165) is 17.6 Å². The molecule has 0 amide bonds. The van der Waals surface area contributed by atoms with Gasteiger partial charge in [0.15, 0.2) is 0 Å². The quantitative estimate of drug-likeness (QED) is 0.755. The van der Waals surface area contributed by atoms with Crippen LogP contribution in [0.15, 0.2) is 30.4 Å². The van der Waals surface area contributed by atoms with Crippen molar-refractivity contribution in [3.63, 3.8) is 0 Å². The first kappa shape index (κ1) is 11.1. The second-order valence-electron chi connectivity index (χ2n) is 3.48. The van der Waals surface area contributed by atoms with Crippen LogP contribution in [0.4, 0.5) is 0 Å². The molecule has 1 aromatic rings. The average Bonchev–Trinajstić information content (AvgIpc) is 2.08. The summed E-state index contributed by atoms with van der Waals surface area (Å²) in [5.41, 5.74) is 7.86. The van der Waals surface area contributed by atoms with Gasteiger partial charge in [0.1, 0.15) is 5.75 Å². The minimum atomic E-state index is -0.106. The molecular formula is C11H14ClNO. The van der Waals surface area contributed by atoms with Crippen LogP contribution < -0.4 is 5.73 Å². The minimum absolute atomic E-state index is 0.0814. The number of halogens is 1. The Morgan fingerprint density at radius 2 is 2.29 bits per heavy atom. The zero-order chi connectivity index (χ0) is 10.7. The van der Waals surface area contributed by atoms with E-state index < -0.39 is 0 Å². The van der Waals surface area contributed by atoms with Gasteiger partial charge < -0.3 is 10.8 Å². The summed E-state index contributed by atoms with van der Waals surface area (Å²) in [6.07, 6.45) is 0.723. The number of hydrogen-bond donors (Lipinski definition) is 2. The maximum atomic E-state index is 9.22. The largest absolute Gasteiger partial charge is 0.506 e. The Kier molecular flexibility index (Phi) is 3.55. The Morgan fingerprint density at radius 3 is 2.79 bits per heavy atom. The van der Waals surface area contributed by atoms with E-state index in [4.69, 9.17) is 17.3 Å². The molecular weight excluding hydrogens is 198 g/mol. The van der Waals surface area contributed by atoms with Gasteiger partial charge in [0.25, 0.3) is 0 Å². The number of phenols is 1. The first-order valence-corrected chi connectivity index (χ1v) is 4.77. The summed E-state index contributed by atoms with van der Waals surface area (Å²) in [5.74, 6) is 0.0814. The molecule has 0 aromatic heterocycles. The second-order valence-corrected chi connectivity index (χ2v) is 3.89. The van der Waals surface area contributed by atoms with Crippen LogP contribution >= 0.6 is 11.6 Å². The molecule has 3 heteroatoms. The lowest BCUT2D eigenvalue weighted by molar-refractivity contribution is 0.475. The normalized spacial score (nSPS) is 12.5. The molecule has 1 unspecified atom stereocenters. The zero-order valence-corrected chi connectivity index (χ0v) is 8.88. The van der Waals surface area contributed by atoms with Crippen molar-refractivity contribution in [2.45, 2.75) is 19.4 Å². The molecule has 2 nitrogen and oxygen atoms in total. The number of aromatic hydroxyl groups is 1. The lowest BCUT2D eigenvalue weighted by atomic mass is 10.0. The fourth-order valence-corrected chi connectivity index (χ4v) is 1.44. The van der Waals surface area contributed by atoms with Crippen LogP contribution in [0.5, 0.6) is 5.75 Å². The van der Waals surface area contributed by atoms with Crippen molar-refractivity contribution in [1.82, 2.24) is 0 Å². The topological polar surface area (TPSA) is 46.2 Å². The van der Waals surface area contributed by atoms with E-state index in [-0.39, 0.29) is 11.8 Å². The van der Waals surface area contributed by atoms with Crippen molar-refractivity contribution >= 4 is 11.6 Å². The molecule has 0 bridgehead atoms. The summed E-state index contributed by atoms with van der Waals surface area (Å²) < 4.78 is 0. The smallest absolute Gasteiger partial charge is 0.134 e. The van der Waals surface area contributed by atoms with Gasteiger partial charge in [-0.1, -0.05) is 23.2 Å². The fraction of sp³-hybridized carbons (Fsp3) is 0.273. The summed E-state index contributed by atoms with van der Waals surface area (Å²) in [6, 6.07) is 4.90. The molecule has 1 atom stereocenters. The molecule has 0 aliphatic rings. The fourth-order valence-electron chi connectivity index (χ4n) is 1.25. The van der Waals surface area contributed by atoms with Crippen molar-refractivity contribution in [3.05, 3.63) is 40.9 Å². The van der Waals surface area contributed by atoms with Crippen LogP contribution in [0.2, 0.25) is 5.02 Å². The van der Waals surface area contributed by atoms with Gasteiger partial charge in [-0.25, -0.2) is 0 Å². The van der Waals surface area contributed by atoms with Gasteiger partial charge in [0.05, 0.1) is 5.02 Å². The molecule has 0 aliphatic carbocycles. The van der Waals surface area contributed by atoms with E-state index >= 15 is 0 Å². The van der Waals surface area contributed by atoms with Crippen LogP contribution in [0.1, 0.15) is 24.9 Å². The van der Waals surface area contributed by atoms with Crippen LogP contribution in [0, 0.1) is 0 Å². The number of rotatable bonds is 3. The average molecular weight is 212 g/mol. The second kappa shape index (κ2) is 4.49. The molecule has 3 N–H and O–H groups in total. The first-order chi connectivity index (χ1) is 6.50. The molecule has 0 fully saturated rings. The summed E-state index contributed by atoms with van der Waals surface area (Å²) in [4.78, 5) is 0. The van der Waals surface area contributed by atoms with Crippen molar-refractivity contribution < 1.29 is 5.11 Å². The molecule has 0 spiro atoms. The Hall–Kier alpha value is -0.990. The highest BCUT2D eigenvalue weighted by atomic mass is 35.5. The van der Waals surface area contributed by atoms with E-state index in [2.05, 4.69) is 6.58 Å². The maximum absolute atomic E-state index is 9.22. The van der Waals surface area contributed by atoms with E-state index in [0.29, 0.717) is 5.02 Å². The zero-order valence-electron chi connectivity index (χ0n) is 8.13. The molecule has 14 heavy (non-hydrogen) atoms. The van der Waals surface area contributed by atoms with Gasteiger partial charge >= 0.3 is 0 Å². The highest BCUT2D eigenvalue weighted by molar-refractivity contribution is 6.32. The lowest BCUT2D eigenvalue weighted by Gasteiger charge is -2.12. The third-order valence-electron chi connectivity index (χ3n) is 1.97. The van der Waals surface area contributed by atoms with Gasteiger partial charge in [0.2, 0.25) is 0 Å². The van der Waals surface area contributed by atoms with Crippen LogP contribution in [-0.4, -0.2) is 5.11 Å². The molecule has 1 rings (SSSR count). The molecule has 0 saturated heterocycles. The molecule has 0 saturated carbocycles. The van der Waals surface area contributed by atoms with Gasteiger partial charge in [-0.3, -0.25) is 0 Å². The molecule has 76 valence electrons. The predicted molar refractivity (Wildman–Crippen MR) is 59.5 cm³/mol. The SMILES string of the molecule is C=C(C)CC(N)c1ccc(O)c(Cl)c1. The van der Waals surface area contributed by atoms with Crippen molar-refractivity contribution in [3.8, 4) is 5.75 Å². The highest BCUT2D eigenvalue weighted by Gasteiger charge is 2.08. The van der Waals surface area contributed by atoms with Gasteiger partial charge in [-0.05, 0) is 31.0 Å². The number of hydrogen-bond acceptors (Lipinski definition) is 2. The van der Waals surface area contributed by atoms with Crippen LogP contribution in [0.3, 0.4) is 0 Å². The maximum Gasteiger partial charge on any atom is 0.134 e. The summed E-state index contributed by atoms with van der Waals surface area (Å²) in [7, 11) is 0. The standard InChI is InChI=1S/C11H14ClNO/c1-7(2)5-10(13)8-3-4-11(14)9(12)6-8/h3-4,6,10,14H,1,5,13H2,2H3. The Bertz CT molecular complexity index is 349. The highest BCUT2D eigenvalue weighted by Crippen LogP contribution is 2.27. The van der Waals surface area contributed by atoms with Gasteiger partial charge in [-0.2, -0.15) is 0 Å². The Balaban J connectivity index is 2.85. The third kappa shape index (κ3) is 2.76. The summed E-state index contributed by atoms with van der Waals surface area (Å²) in [5, 5.41) is 9.55.